The highest BCUT2D eigenvalue weighted by molar-refractivity contribution is 7.89. The number of rotatable bonds is 4. The first kappa shape index (κ1) is 22.5. The third-order valence-corrected chi connectivity index (χ3v) is 5.79. The van der Waals surface area contributed by atoms with Crippen LogP contribution in [0.2, 0.25) is 0 Å². The molecule has 0 spiro atoms. The number of alkyl halides is 3. The van der Waals surface area contributed by atoms with E-state index in [0.29, 0.717) is 22.8 Å². The van der Waals surface area contributed by atoms with Crippen molar-refractivity contribution >= 4 is 33.4 Å². The summed E-state index contributed by atoms with van der Waals surface area (Å²) < 4.78 is 67.5. The zero-order chi connectivity index (χ0) is 24.0. The SMILES string of the molecule is CC1=NN(c2cccc(C(F)(F)F)c2)C(=O)/C1=C\c1ccc(-c2ccc(S(N)(=O)=O)cc2)o1. The molecule has 11 heteroatoms. The summed E-state index contributed by atoms with van der Waals surface area (Å²) in [6, 6.07) is 13.3. The molecule has 2 N–H and O–H groups in total. The van der Waals surface area contributed by atoms with Crippen molar-refractivity contribution in [3.63, 3.8) is 0 Å². The fourth-order valence-corrected chi connectivity index (χ4v) is 3.73. The molecule has 0 bridgehead atoms. The van der Waals surface area contributed by atoms with Crippen LogP contribution in [-0.4, -0.2) is 20.0 Å². The number of carbonyl (C=O) groups is 1. The van der Waals surface area contributed by atoms with Crippen LogP contribution in [-0.2, 0) is 21.0 Å². The Morgan fingerprint density at radius 3 is 2.39 bits per heavy atom. The van der Waals surface area contributed by atoms with E-state index < -0.39 is 27.7 Å². The number of hydrogen-bond donors (Lipinski definition) is 1. The Bertz CT molecular complexity index is 1410. The van der Waals surface area contributed by atoms with Gasteiger partial charge in [0.15, 0.2) is 0 Å². The molecule has 1 amide bonds. The Hall–Kier alpha value is -3.70. The summed E-state index contributed by atoms with van der Waals surface area (Å²) in [5.74, 6) is 0.129. The van der Waals surface area contributed by atoms with Gasteiger partial charge < -0.3 is 4.42 Å². The lowest BCUT2D eigenvalue weighted by Gasteiger charge is -2.14. The van der Waals surface area contributed by atoms with Crippen LogP contribution in [0.1, 0.15) is 18.2 Å². The van der Waals surface area contributed by atoms with Crippen LogP contribution in [0, 0.1) is 0 Å². The summed E-state index contributed by atoms with van der Waals surface area (Å²) in [7, 11) is -3.82. The van der Waals surface area contributed by atoms with Crippen molar-refractivity contribution in [1.29, 1.82) is 0 Å². The second-order valence-electron chi connectivity index (χ2n) is 7.18. The lowest BCUT2D eigenvalue weighted by atomic mass is 10.1. The first-order valence-corrected chi connectivity index (χ1v) is 11.0. The van der Waals surface area contributed by atoms with Crippen LogP contribution in [0.15, 0.2) is 80.7 Å². The van der Waals surface area contributed by atoms with Crippen LogP contribution in [0.25, 0.3) is 17.4 Å². The van der Waals surface area contributed by atoms with Gasteiger partial charge in [0, 0.05) is 5.56 Å². The number of hydrazone groups is 1. The van der Waals surface area contributed by atoms with Crippen molar-refractivity contribution in [3.05, 3.63) is 77.6 Å². The van der Waals surface area contributed by atoms with Gasteiger partial charge >= 0.3 is 6.18 Å². The maximum Gasteiger partial charge on any atom is 0.416 e. The molecule has 0 radical (unpaired) electrons. The fraction of sp³-hybridized carbons (Fsp3) is 0.0909. The number of amides is 1. The summed E-state index contributed by atoms with van der Waals surface area (Å²) >= 11 is 0. The lowest BCUT2D eigenvalue weighted by Crippen LogP contribution is -2.21. The molecule has 33 heavy (non-hydrogen) atoms. The Morgan fingerprint density at radius 2 is 1.76 bits per heavy atom. The minimum atomic E-state index is -4.55. The van der Waals surface area contributed by atoms with E-state index >= 15 is 0 Å². The van der Waals surface area contributed by atoms with Gasteiger partial charge in [0.25, 0.3) is 5.91 Å². The second kappa shape index (κ2) is 8.01. The van der Waals surface area contributed by atoms with Gasteiger partial charge in [-0.2, -0.15) is 23.3 Å². The van der Waals surface area contributed by atoms with Gasteiger partial charge in [0.1, 0.15) is 11.5 Å². The normalized spacial score (nSPS) is 15.9. The molecule has 0 fully saturated rings. The molecule has 0 aliphatic carbocycles. The van der Waals surface area contributed by atoms with E-state index in [9.17, 15) is 26.4 Å². The molecule has 1 aliphatic heterocycles. The Labute approximate surface area is 186 Å². The van der Waals surface area contributed by atoms with E-state index in [0.717, 1.165) is 17.1 Å². The number of carbonyl (C=O) groups excluding carboxylic acids is 1. The number of furan rings is 1. The lowest BCUT2D eigenvalue weighted by molar-refractivity contribution is -0.137. The molecule has 1 aromatic heterocycles. The molecule has 7 nitrogen and oxygen atoms in total. The van der Waals surface area contributed by atoms with E-state index in [1.807, 2.05) is 0 Å². The van der Waals surface area contributed by atoms with Crippen molar-refractivity contribution in [2.75, 3.05) is 5.01 Å². The molecular formula is C22H16F3N3O4S. The molecule has 3 aromatic rings. The largest absolute Gasteiger partial charge is 0.457 e. The highest BCUT2D eigenvalue weighted by Crippen LogP contribution is 2.33. The number of sulfonamides is 1. The summed E-state index contributed by atoms with van der Waals surface area (Å²) in [5.41, 5.74) is 0.168. The third-order valence-electron chi connectivity index (χ3n) is 4.86. The number of nitrogens with two attached hydrogens (primary N) is 1. The molecule has 170 valence electrons. The maximum atomic E-state index is 13.0. The van der Waals surface area contributed by atoms with Crippen molar-refractivity contribution in [3.8, 4) is 11.3 Å². The zero-order valence-electron chi connectivity index (χ0n) is 17.0. The minimum Gasteiger partial charge on any atom is -0.457 e. The Balaban J connectivity index is 1.59. The van der Waals surface area contributed by atoms with Crippen molar-refractivity contribution < 1.29 is 30.8 Å². The standard InChI is InChI=1S/C22H16F3N3O4S/c1-13-19(21(29)28(27-13)16-4-2-3-15(11-16)22(23,24)25)12-17-7-10-20(32-17)14-5-8-18(9-6-14)33(26,30)31/h2-12H,1H3,(H2,26,30,31)/b19-12-. The number of nitrogens with zero attached hydrogens (tertiary/aromatic N) is 2. The maximum absolute atomic E-state index is 13.0. The average Bonchev–Trinajstić information content (AvgIpc) is 3.33. The molecule has 2 heterocycles. The molecule has 2 aromatic carbocycles. The van der Waals surface area contributed by atoms with Gasteiger partial charge in [-0.15, -0.1) is 0 Å². The van der Waals surface area contributed by atoms with Crippen LogP contribution >= 0.6 is 0 Å². The van der Waals surface area contributed by atoms with Gasteiger partial charge in [-0.25, -0.2) is 13.6 Å². The van der Waals surface area contributed by atoms with Crippen LogP contribution in [0.5, 0.6) is 0 Å². The molecular weight excluding hydrogens is 459 g/mol. The van der Waals surface area contributed by atoms with E-state index in [1.165, 1.54) is 42.5 Å². The number of anilines is 1. The molecule has 0 saturated carbocycles. The predicted octanol–water partition coefficient (Wildman–Crippen LogP) is 4.42. The van der Waals surface area contributed by atoms with Gasteiger partial charge in [-0.1, -0.05) is 6.07 Å². The molecule has 0 saturated heterocycles. The van der Waals surface area contributed by atoms with Gasteiger partial charge in [0.05, 0.1) is 27.4 Å². The molecule has 1 aliphatic rings. The van der Waals surface area contributed by atoms with Crippen molar-refractivity contribution in [2.45, 2.75) is 18.0 Å². The second-order valence-corrected chi connectivity index (χ2v) is 8.74. The zero-order valence-corrected chi connectivity index (χ0v) is 17.8. The minimum absolute atomic E-state index is 0.00680. The van der Waals surface area contributed by atoms with E-state index in [4.69, 9.17) is 9.56 Å². The van der Waals surface area contributed by atoms with Gasteiger partial charge in [-0.3, -0.25) is 4.79 Å². The smallest absolute Gasteiger partial charge is 0.416 e. The van der Waals surface area contributed by atoms with Gasteiger partial charge in [0.2, 0.25) is 10.0 Å². The van der Waals surface area contributed by atoms with E-state index in [1.54, 1.807) is 19.1 Å². The third kappa shape index (κ3) is 4.59. The number of halogens is 3. The summed E-state index contributed by atoms with van der Waals surface area (Å²) in [4.78, 5) is 12.8. The van der Waals surface area contributed by atoms with Gasteiger partial charge in [-0.05, 0) is 67.6 Å². The number of primary sulfonamides is 1. The first-order valence-electron chi connectivity index (χ1n) is 9.45. The van der Waals surface area contributed by atoms with Crippen LogP contribution in [0.4, 0.5) is 18.9 Å². The van der Waals surface area contributed by atoms with Crippen LogP contribution in [0.3, 0.4) is 0 Å². The predicted molar refractivity (Wildman–Crippen MR) is 116 cm³/mol. The average molecular weight is 475 g/mol. The molecule has 4 rings (SSSR count). The monoisotopic (exact) mass is 475 g/mol. The van der Waals surface area contributed by atoms with Crippen molar-refractivity contribution in [2.24, 2.45) is 10.2 Å². The highest BCUT2D eigenvalue weighted by Gasteiger charge is 2.33. The molecule has 0 atom stereocenters. The van der Waals surface area contributed by atoms with E-state index in [2.05, 4.69) is 5.10 Å². The molecule has 0 unspecified atom stereocenters. The topological polar surface area (TPSA) is 106 Å². The summed E-state index contributed by atoms with van der Waals surface area (Å²) in [6.45, 7) is 1.56. The number of hydrogen-bond acceptors (Lipinski definition) is 5. The van der Waals surface area contributed by atoms with Crippen LogP contribution < -0.4 is 10.1 Å². The summed E-state index contributed by atoms with van der Waals surface area (Å²) in [5, 5.41) is 10.1. The Morgan fingerprint density at radius 1 is 1.06 bits per heavy atom. The quantitative estimate of drug-likeness (QED) is 0.564. The fourth-order valence-electron chi connectivity index (χ4n) is 3.21. The number of benzene rings is 2. The first-order chi connectivity index (χ1) is 15.4. The summed E-state index contributed by atoms with van der Waals surface area (Å²) in [6.07, 6.45) is -3.11. The van der Waals surface area contributed by atoms with Crippen molar-refractivity contribution in [1.82, 2.24) is 0 Å². The highest BCUT2D eigenvalue weighted by atomic mass is 32.2. The Kier molecular flexibility index (Phi) is 5.46. The van der Waals surface area contributed by atoms with E-state index in [-0.39, 0.29) is 16.2 Å².